The third-order valence-corrected chi connectivity index (χ3v) is 2.62. The highest BCUT2D eigenvalue weighted by Crippen LogP contribution is 2.33. The van der Waals surface area contributed by atoms with Gasteiger partial charge in [-0.3, -0.25) is 0 Å². The second kappa shape index (κ2) is 6.05. The zero-order valence-corrected chi connectivity index (χ0v) is 10.1. The molecular weight excluding hydrogens is 229 g/mol. The number of benzene rings is 1. The van der Waals surface area contributed by atoms with Crippen LogP contribution in [-0.4, -0.2) is 13.3 Å². The van der Waals surface area contributed by atoms with Gasteiger partial charge in [0.25, 0.3) is 0 Å². The van der Waals surface area contributed by atoms with Crippen molar-refractivity contribution in [2.75, 3.05) is 7.11 Å². The summed E-state index contributed by atoms with van der Waals surface area (Å²) in [6.45, 7) is 2.00. The normalized spacial score (nSPS) is 13.7. The molecule has 0 saturated carbocycles. The molecule has 0 spiro atoms. The molecule has 17 heavy (non-hydrogen) atoms. The van der Waals surface area contributed by atoms with Gasteiger partial charge in [-0.15, -0.1) is 0 Å². The lowest BCUT2D eigenvalue weighted by Crippen LogP contribution is -2.16. The van der Waals surface area contributed by atoms with Crippen molar-refractivity contribution in [1.82, 2.24) is 0 Å². The van der Waals surface area contributed by atoms with E-state index < -0.39 is 18.7 Å². The number of hydrogen-bond donors (Lipinski definition) is 0. The van der Waals surface area contributed by atoms with E-state index in [-0.39, 0.29) is 0 Å². The summed E-state index contributed by atoms with van der Waals surface area (Å²) in [6, 6.07) is 7.16. The van der Waals surface area contributed by atoms with E-state index in [0.717, 1.165) is 18.4 Å². The van der Waals surface area contributed by atoms with Crippen molar-refractivity contribution in [3.8, 4) is 0 Å². The van der Waals surface area contributed by atoms with E-state index in [9.17, 15) is 13.2 Å². The van der Waals surface area contributed by atoms with Gasteiger partial charge in [-0.25, -0.2) is 0 Å². The number of methoxy groups -OCH3 is 1. The van der Waals surface area contributed by atoms with Crippen LogP contribution in [0, 0.1) is 0 Å². The van der Waals surface area contributed by atoms with Crippen LogP contribution < -0.4 is 0 Å². The highest BCUT2D eigenvalue weighted by atomic mass is 19.4. The molecule has 1 nitrogen and oxygen atoms in total. The molecule has 0 radical (unpaired) electrons. The van der Waals surface area contributed by atoms with Crippen LogP contribution >= 0.6 is 0 Å². The molecule has 0 amide bonds. The standard InChI is InChI=1S/C13H17F3O/c1-3-6-10-7-4-5-8-11(10)12(17-2)9-13(14,15)16/h4-5,7-8,12H,3,6,9H2,1-2H3. The molecule has 1 aromatic rings. The summed E-state index contributed by atoms with van der Waals surface area (Å²) in [4.78, 5) is 0. The summed E-state index contributed by atoms with van der Waals surface area (Å²) in [7, 11) is 1.32. The smallest absolute Gasteiger partial charge is 0.376 e. The Hall–Kier alpha value is -1.03. The average Bonchev–Trinajstić information content (AvgIpc) is 2.26. The van der Waals surface area contributed by atoms with Crippen LogP contribution in [0.5, 0.6) is 0 Å². The summed E-state index contributed by atoms with van der Waals surface area (Å²) in [6.07, 6.45) is -4.38. The Labute approximate surface area is 99.6 Å². The molecule has 0 saturated heterocycles. The van der Waals surface area contributed by atoms with E-state index in [4.69, 9.17) is 4.74 Å². The second-order valence-corrected chi connectivity index (χ2v) is 3.99. The lowest BCUT2D eigenvalue weighted by atomic mass is 9.97. The molecule has 1 aromatic carbocycles. The van der Waals surface area contributed by atoms with Gasteiger partial charge in [-0.2, -0.15) is 13.2 Å². The van der Waals surface area contributed by atoms with Gasteiger partial charge in [0.2, 0.25) is 0 Å². The fourth-order valence-electron chi connectivity index (χ4n) is 1.88. The van der Waals surface area contributed by atoms with Gasteiger partial charge in [0.1, 0.15) is 0 Å². The van der Waals surface area contributed by atoms with Crippen LogP contribution in [0.3, 0.4) is 0 Å². The fraction of sp³-hybridized carbons (Fsp3) is 0.538. The predicted molar refractivity (Wildman–Crippen MR) is 60.9 cm³/mol. The second-order valence-electron chi connectivity index (χ2n) is 3.99. The van der Waals surface area contributed by atoms with Crippen molar-refractivity contribution in [1.29, 1.82) is 0 Å². The quantitative estimate of drug-likeness (QED) is 0.753. The number of hydrogen-bond acceptors (Lipinski definition) is 1. The Bertz CT molecular complexity index is 347. The first-order chi connectivity index (χ1) is 7.98. The lowest BCUT2D eigenvalue weighted by molar-refractivity contribution is -0.158. The van der Waals surface area contributed by atoms with E-state index in [0.29, 0.717) is 5.56 Å². The number of ether oxygens (including phenoxy) is 1. The van der Waals surface area contributed by atoms with Crippen molar-refractivity contribution < 1.29 is 17.9 Å². The molecule has 1 atom stereocenters. The SMILES string of the molecule is CCCc1ccccc1C(CC(F)(F)F)OC. The molecule has 0 aliphatic rings. The Morgan fingerprint density at radius 1 is 1.24 bits per heavy atom. The van der Waals surface area contributed by atoms with Crippen LogP contribution in [0.25, 0.3) is 0 Å². The highest BCUT2D eigenvalue weighted by Gasteiger charge is 2.33. The molecular formula is C13H17F3O. The molecule has 0 aliphatic heterocycles. The van der Waals surface area contributed by atoms with Crippen LogP contribution in [0.4, 0.5) is 13.2 Å². The van der Waals surface area contributed by atoms with Crippen molar-refractivity contribution in [2.45, 2.75) is 38.5 Å². The van der Waals surface area contributed by atoms with Crippen molar-refractivity contribution >= 4 is 0 Å². The number of halogens is 3. The zero-order valence-electron chi connectivity index (χ0n) is 10.1. The van der Waals surface area contributed by atoms with Crippen LogP contribution in [0.1, 0.15) is 37.0 Å². The Morgan fingerprint density at radius 2 is 1.88 bits per heavy atom. The Kier molecular flexibility index (Phi) is 5.00. The van der Waals surface area contributed by atoms with E-state index in [1.165, 1.54) is 7.11 Å². The minimum Gasteiger partial charge on any atom is -0.376 e. The molecule has 0 N–H and O–H groups in total. The number of rotatable bonds is 5. The molecule has 96 valence electrons. The third kappa shape index (κ3) is 4.38. The van der Waals surface area contributed by atoms with E-state index in [1.807, 2.05) is 19.1 Å². The fourth-order valence-corrected chi connectivity index (χ4v) is 1.88. The average molecular weight is 246 g/mol. The van der Waals surface area contributed by atoms with Crippen LogP contribution in [0.15, 0.2) is 24.3 Å². The first-order valence-corrected chi connectivity index (χ1v) is 5.65. The van der Waals surface area contributed by atoms with E-state index in [1.54, 1.807) is 12.1 Å². The molecule has 0 bridgehead atoms. The number of alkyl halides is 3. The maximum Gasteiger partial charge on any atom is 0.391 e. The van der Waals surface area contributed by atoms with E-state index >= 15 is 0 Å². The molecule has 0 heterocycles. The van der Waals surface area contributed by atoms with E-state index in [2.05, 4.69) is 0 Å². The van der Waals surface area contributed by atoms with Crippen LogP contribution in [0.2, 0.25) is 0 Å². The first kappa shape index (κ1) is 14.0. The summed E-state index contributed by atoms with van der Waals surface area (Å²) in [5.41, 5.74) is 1.58. The largest absolute Gasteiger partial charge is 0.391 e. The molecule has 1 rings (SSSR count). The summed E-state index contributed by atoms with van der Waals surface area (Å²) < 4.78 is 42.2. The van der Waals surface area contributed by atoms with Gasteiger partial charge in [-0.1, -0.05) is 37.6 Å². The first-order valence-electron chi connectivity index (χ1n) is 5.65. The summed E-state index contributed by atoms with van der Waals surface area (Å²) in [5.74, 6) is 0. The van der Waals surface area contributed by atoms with Gasteiger partial charge >= 0.3 is 6.18 Å². The molecule has 0 fully saturated rings. The van der Waals surface area contributed by atoms with Crippen LogP contribution in [-0.2, 0) is 11.2 Å². The third-order valence-electron chi connectivity index (χ3n) is 2.62. The minimum atomic E-state index is -4.21. The maximum absolute atomic E-state index is 12.4. The van der Waals surface area contributed by atoms with Gasteiger partial charge in [0, 0.05) is 7.11 Å². The monoisotopic (exact) mass is 246 g/mol. The molecule has 1 unspecified atom stereocenters. The number of aryl methyl sites for hydroxylation is 1. The van der Waals surface area contributed by atoms with Gasteiger partial charge in [0.15, 0.2) is 0 Å². The predicted octanol–water partition coefficient (Wildman–Crippen LogP) is 4.28. The summed E-state index contributed by atoms with van der Waals surface area (Å²) in [5, 5.41) is 0. The van der Waals surface area contributed by atoms with Gasteiger partial charge < -0.3 is 4.74 Å². The van der Waals surface area contributed by atoms with Gasteiger partial charge in [-0.05, 0) is 17.5 Å². The molecule has 4 heteroatoms. The zero-order chi connectivity index (χ0) is 12.9. The maximum atomic E-state index is 12.4. The summed E-state index contributed by atoms with van der Waals surface area (Å²) >= 11 is 0. The highest BCUT2D eigenvalue weighted by molar-refractivity contribution is 5.29. The Balaban J connectivity index is 2.94. The van der Waals surface area contributed by atoms with Crippen molar-refractivity contribution in [2.24, 2.45) is 0 Å². The van der Waals surface area contributed by atoms with Gasteiger partial charge in [0.05, 0.1) is 12.5 Å². The van der Waals surface area contributed by atoms with Crippen molar-refractivity contribution in [3.05, 3.63) is 35.4 Å². The lowest BCUT2D eigenvalue weighted by Gasteiger charge is -2.20. The van der Waals surface area contributed by atoms with Crippen molar-refractivity contribution in [3.63, 3.8) is 0 Å². The Morgan fingerprint density at radius 3 is 2.41 bits per heavy atom. The topological polar surface area (TPSA) is 9.23 Å². The molecule has 0 aliphatic carbocycles. The minimum absolute atomic E-state index is 0.647. The molecule has 0 aromatic heterocycles.